The molecule has 30 heavy (non-hydrogen) atoms. The molecule has 2 amide bonds. The van der Waals surface area contributed by atoms with Crippen molar-refractivity contribution in [2.24, 2.45) is 11.8 Å². The van der Waals surface area contributed by atoms with Gasteiger partial charge in [0.15, 0.2) is 0 Å². The molecule has 2 saturated heterocycles. The Morgan fingerprint density at radius 1 is 1.17 bits per heavy atom. The Kier molecular flexibility index (Phi) is 4.92. The summed E-state index contributed by atoms with van der Waals surface area (Å²) < 4.78 is 1.81. The van der Waals surface area contributed by atoms with Crippen molar-refractivity contribution in [2.45, 2.75) is 51.5 Å². The van der Waals surface area contributed by atoms with E-state index < -0.39 is 0 Å². The van der Waals surface area contributed by atoms with Gasteiger partial charge >= 0.3 is 0 Å². The van der Waals surface area contributed by atoms with Crippen LogP contribution in [0.25, 0.3) is 10.2 Å². The maximum Gasteiger partial charge on any atom is 0.262 e. The molecule has 4 heterocycles. The van der Waals surface area contributed by atoms with E-state index in [1.807, 2.05) is 9.47 Å². The molecule has 2 fully saturated rings. The predicted molar refractivity (Wildman–Crippen MR) is 116 cm³/mol. The molecule has 2 atom stereocenters. The quantitative estimate of drug-likeness (QED) is 0.735. The summed E-state index contributed by atoms with van der Waals surface area (Å²) in [5, 5.41) is 0.829. The summed E-state index contributed by atoms with van der Waals surface area (Å²) >= 11 is 1.68. The predicted octanol–water partition coefficient (Wildman–Crippen LogP) is 2.22. The largest absolute Gasteiger partial charge is 0.345 e. The lowest BCUT2D eigenvalue weighted by molar-refractivity contribution is -0.137. The number of rotatable bonds is 2. The van der Waals surface area contributed by atoms with Gasteiger partial charge in [0.2, 0.25) is 11.8 Å². The van der Waals surface area contributed by atoms with E-state index in [0.717, 1.165) is 42.3 Å². The van der Waals surface area contributed by atoms with Crippen LogP contribution in [0.4, 0.5) is 0 Å². The highest BCUT2D eigenvalue weighted by Crippen LogP contribution is 2.36. The second kappa shape index (κ2) is 7.48. The Balaban J connectivity index is 1.33. The van der Waals surface area contributed by atoms with Crippen LogP contribution < -0.4 is 5.56 Å². The minimum Gasteiger partial charge on any atom is -0.345 e. The van der Waals surface area contributed by atoms with Gasteiger partial charge in [0.1, 0.15) is 4.83 Å². The number of fused-ring (bicyclic) bond motifs is 3. The molecule has 2 aromatic heterocycles. The second-order valence-corrected chi connectivity index (χ2v) is 10.3. The summed E-state index contributed by atoms with van der Waals surface area (Å²) in [5.74, 6) is 0.569. The van der Waals surface area contributed by atoms with E-state index in [0.29, 0.717) is 32.0 Å². The third kappa shape index (κ3) is 3.25. The number of amides is 2. The zero-order valence-electron chi connectivity index (χ0n) is 17.6. The Labute approximate surface area is 179 Å². The van der Waals surface area contributed by atoms with Crippen LogP contribution in [0, 0.1) is 11.8 Å². The van der Waals surface area contributed by atoms with Crippen LogP contribution in [0.3, 0.4) is 0 Å². The highest BCUT2D eigenvalue weighted by Gasteiger charge is 2.36. The molecule has 0 spiro atoms. The van der Waals surface area contributed by atoms with Crippen LogP contribution in [-0.4, -0.2) is 57.8 Å². The molecule has 1 aliphatic carbocycles. The summed E-state index contributed by atoms with van der Waals surface area (Å²) in [6.07, 6.45) is 6.68. The van der Waals surface area contributed by atoms with Gasteiger partial charge in [0, 0.05) is 44.0 Å². The second-order valence-electron chi connectivity index (χ2n) is 9.22. The molecule has 2 aromatic rings. The van der Waals surface area contributed by atoms with E-state index in [2.05, 4.69) is 11.9 Å². The van der Waals surface area contributed by atoms with Crippen LogP contribution in [0.15, 0.2) is 11.1 Å². The Bertz CT molecular complexity index is 1070. The summed E-state index contributed by atoms with van der Waals surface area (Å²) in [6, 6.07) is 0.0735. The van der Waals surface area contributed by atoms with Gasteiger partial charge in [-0.2, -0.15) is 0 Å². The van der Waals surface area contributed by atoms with E-state index in [-0.39, 0.29) is 29.3 Å². The number of nitrogens with zero attached hydrogens (tertiary/aromatic N) is 4. The first-order valence-corrected chi connectivity index (χ1v) is 11.8. The van der Waals surface area contributed by atoms with Crippen molar-refractivity contribution in [3.05, 3.63) is 27.1 Å². The standard InChI is InChI=1S/C22H28N4O3S/c1-13-3-4-16-17(9-13)30-20-19(16)22(29)26(12-23-20)15-5-7-25(8-6-15)21(28)14-10-18(27)24(2)11-14/h12-15H,3-11H2,1-2H3/t13-,14+/m1/s1. The highest BCUT2D eigenvalue weighted by molar-refractivity contribution is 7.18. The van der Waals surface area contributed by atoms with Gasteiger partial charge in [-0.25, -0.2) is 4.98 Å². The lowest BCUT2D eigenvalue weighted by Gasteiger charge is -2.34. The van der Waals surface area contributed by atoms with Gasteiger partial charge in [-0.15, -0.1) is 11.3 Å². The smallest absolute Gasteiger partial charge is 0.262 e. The zero-order valence-corrected chi connectivity index (χ0v) is 18.4. The topological polar surface area (TPSA) is 75.5 Å². The van der Waals surface area contributed by atoms with Gasteiger partial charge in [0.05, 0.1) is 17.6 Å². The Hall–Kier alpha value is -2.22. The van der Waals surface area contributed by atoms with Crippen molar-refractivity contribution in [3.63, 3.8) is 0 Å². The fraction of sp³-hybridized carbons (Fsp3) is 0.636. The number of piperidine rings is 1. The summed E-state index contributed by atoms with van der Waals surface area (Å²) in [7, 11) is 1.75. The number of carbonyl (C=O) groups excluding carboxylic acids is 2. The average molecular weight is 429 g/mol. The minimum absolute atomic E-state index is 0.0441. The van der Waals surface area contributed by atoms with Gasteiger partial charge in [-0.05, 0) is 43.6 Å². The summed E-state index contributed by atoms with van der Waals surface area (Å²) in [4.78, 5) is 48.3. The first kappa shape index (κ1) is 19.7. The van der Waals surface area contributed by atoms with Crippen LogP contribution in [0.2, 0.25) is 0 Å². The van der Waals surface area contributed by atoms with E-state index >= 15 is 0 Å². The molecule has 3 aliphatic rings. The Morgan fingerprint density at radius 2 is 1.93 bits per heavy atom. The number of carbonyl (C=O) groups is 2. The number of hydrogen-bond donors (Lipinski definition) is 0. The van der Waals surface area contributed by atoms with Crippen molar-refractivity contribution < 1.29 is 9.59 Å². The summed E-state index contributed by atoms with van der Waals surface area (Å²) in [5.41, 5.74) is 1.31. The SMILES string of the molecule is C[C@@H]1CCc2c(sc3ncn(C4CCN(C(=O)[C@H]5CC(=O)N(C)C5)CC4)c(=O)c23)C1. The fourth-order valence-electron chi connectivity index (χ4n) is 5.26. The molecule has 160 valence electrons. The maximum absolute atomic E-state index is 13.3. The molecule has 0 saturated carbocycles. The first-order valence-electron chi connectivity index (χ1n) is 11.0. The third-order valence-electron chi connectivity index (χ3n) is 7.10. The molecular weight excluding hydrogens is 400 g/mol. The third-order valence-corrected chi connectivity index (χ3v) is 8.26. The number of hydrogen-bond acceptors (Lipinski definition) is 5. The lowest BCUT2D eigenvalue weighted by Crippen LogP contribution is -2.43. The van der Waals surface area contributed by atoms with Crippen molar-refractivity contribution in [1.29, 1.82) is 0 Å². The van der Waals surface area contributed by atoms with Crippen molar-refractivity contribution in [2.75, 3.05) is 26.7 Å². The fourth-order valence-corrected chi connectivity index (χ4v) is 6.60. The number of thiophene rings is 1. The lowest BCUT2D eigenvalue weighted by atomic mass is 9.89. The van der Waals surface area contributed by atoms with E-state index in [1.54, 1.807) is 29.6 Å². The van der Waals surface area contributed by atoms with Crippen LogP contribution in [0.5, 0.6) is 0 Å². The maximum atomic E-state index is 13.3. The van der Waals surface area contributed by atoms with E-state index in [9.17, 15) is 14.4 Å². The van der Waals surface area contributed by atoms with Gasteiger partial charge in [-0.1, -0.05) is 6.92 Å². The molecule has 5 rings (SSSR count). The number of likely N-dealkylation sites (tertiary alicyclic amines) is 2. The molecule has 7 nitrogen and oxygen atoms in total. The van der Waals surface area contributed by atoms with Gasteiger partial charge in [-0.3, -0.25) is 19.0 Å². The van der Waals surface area contributed by atoms with Gasteiger partial charge < -0.3 is 9.80 Å². The zero-order chi connectivity index (χ0) is 21.0. The van der Waals surface area contributed by atoms with Crippen LogP contribution in [-0.2, 0) is 22.4 Å². The molecule has 2 aliphatic heterocycles. The van der Waals surface area contributed by atoms with Crippen molar-refractivity contribution >= 4 is 33.4 Å². The molecule has 0 aromatic carbocycles. The van der Waals surface area contributed by atoms with E-state index in [1.165, 1.54) is 10.4 Å². The van der Waals surface area contributed by atoms with Crippen LogP contribution >= 0.6 is 11.3 Å². The number of aromatic nitrogens is 2. The van der Waals surface area contributed by atoms with Gasteiger partial charge in [0.25, 0.3) is 5.56 Å². The van der Waals surface area contributed by atoms with Crippen molar-refractivity contribution in [3.8, 4) is 0 Å². The average Bonchev–Trinajstić information content (AvgIpc) is 3.27. The number of aryl methyl sites for hydroxylation is 1. The monoisotopic (exact) mass is 428 g/mol. The molecule has 0 N–H and O–H groups in total. The summed E-state index contributed by atoms with van der Waals surface area (Å²) in [6.45, 7) is 4.04. The molecule has 0 radical (unpaired) electrons. The van der Waals surface area contributed by atoms with Crippen molar-refractivity contribution in [1.82, 2.24) is 19.4 Å². The molecule has 0 unspecified atom stereocenters. The minimum atomic E-state index is -0.223. The molecule has 0 bridgehead atoms. The van der Waals surface area contributed by atoms with E-state index in [4.69, 9.17) is 0 Å². The first-order chi connectivity index (χ1) is 14.4. The normalized spacial score (nSPS) is 25.2. The molecular formula is C22H28N4O3S. The van der Waals surface area contributed by atoms with Crippen LogP contribution in [0.1, 0.15) is 49.1 Å². The molecule has 8 heteroatoms. The Morgan fingerprint density at radius 3 is 2.63 bits per heavy atom. The highest BCUT2D eigenvalue weighted by atomic mass is 32.1.